The highest BCUT2D eigenvalue weighted by Crippen LogP contribution is 2.30. The zero-order valence-electron chi connectivity index (χ0n) is 21.1. The highest BCUT2D eigenvalue weighted by Gasteiger charge is 2.33. The van der Waals surface area contributed by atoms with Gasteiger partial charge in [-0.1, -0.05) is 18.2 Å². The van der Waals surface area contributed by atoms with Crippen LogP contribution in [0.15, 0.2) is 59.6 Å². The van der Waals surface area contributed by atoms with Gasteiger partial charge in [0.2, 0.25) is 11.9 Å². The Labute approximate surface area is 234 Å². The number of carbonyl (C=O) groups excluding carboxylic acids is 1. The number of halogens is 1. The number of benzene rings is 1. The van der Waals surface area contributed by atoms with Crippen molar-refractivity contribution in [2.75, 3.05) is 16.8 Å². The molecule has 10 nitrogen and oxygen atoms in total. The standard InChI is InChI=1S/C27H28BrN7O3S/c28-24-23-16-30-27(32-21-6-3-18(14-21)26(36)31-20-9-12-39(37,38)13-10-20)33-25(23)35(34-24)22-7-4-17(5-8-22)19-2-1-11-29-15-19/h1-2,4-5,7-8,11,15-16,18,20-21H,3,6,9-10,12-14H2,(H,31,36)(H,30,32,33)/t18-,21-/m1/s1. The van der Waals surface area contributed by atoms with Gasteiger partial charge in [-0.05, 0) is 77.4 Å². The van der Waals surface area contributed by atoms with E-state index < -0.39 is 9.84 Å². The van der Waals surface area contributed by atoms with E-state index in [1.165, 1.54) is 0 Å². The van der Waals surface area contributed by atoms with Gasteiger partial charge in [-0.25, -0.2) is 18.1 Å². The molecule has 1 saturated heterocycles. The van der Waals surface area contributed by atoms with Gasteiger partial charge in [0.15, 0.2) is 5.65 Å². The number of pyridine rings is 1. The number of carbonyl (C=O) groups is 1. The summed E-state index contributed by atoms with van der Waals surface area (Å²) < 4.78 is 25.8. The number of rotatable bonds is 6. The minimum atomic E-state index is -2.95. The molecular formula is C27H28BrN7O3S. The van der Waals surface area contributed by atoms with Crippen LogP contribution in [-0.4, -0.2) is 62.6 Å². The van der Waals surface area contributed by atoms with E-state index in [0.717, 1.165) is 35.0 Å². The predicted molar refractivity (Wildman–Crippen MR) is 152 cm³/mol. The Morgan fingerprint density at radius 3 is 2.51 bits per heavy atom. The van der Waals surface area contributed by atoms with Gasteiger partial charge >= 0.3 is 0 Å². The molecule has 2 fully saturated rings. The van der Waals surface area contributed by atoms with E-state index in [-0.39, 0.29) is 35.4 Å². The van der Waals surface area contributed by atoms with Gasteiger partial charge in [-0.3, -0.25) is 9.78 Å². The number of hydrogen-bond donors (Lipinski definition) is 2. The van der Waals surface area contributed by atoms with Gasteiger partial charge in [0, 0.05) is 36.6 Å². The van der Waals surface area contributed by atoms with E-state index in [1.54, 1.807) is 17.1 Å². The summed E-state index contributed by atoms with van der Waals surface area (Å²) in [5, 5.41) is 11.9. The number of sulfone groups is 1. The van der Waals surface area contributed by atoms with Crippen molar-refractivity contribution in [2.24, 2.45) is 5.92 Å². The van der Waals surface area contributed by atoms with Crippen molar-refractivity contribution >= 4 is 48.7 Å². The van der Waals surface area contributed by atoms with Crippen LogP contribution in [0.25, 0.3) is 27.8 Å². The Bertz CT molecular complexity index is 1600. The summed E-state index contributed by atoms with van der Waals surface area (Å²) >= 11 is 3.53. The van der Waals surface area contributed by atoms with Crippen molar-refractivity contribution in [3.63, 3.8) is 0 Å². The van der Waals surface area contributed by atoms with Gasteiger partial charge in [-0.15, -0.1) is 0 Å². The summed E-state index contributed by atoms with van der Waals surface area (Å²) in [7, 11) is -2.95. The zero-order valence-corrected chi connectivity index (χ0v) is 23.5. The first kappa shape index (κ1) is 25.9. The summed E-state index contributed by atoms with van der Waals surface area (Å²) in [4.78, 5) is 26.3. The van der Waals surface area contributed by atoms with E-state index in [9.17, 15) is 13.2 Å². The van der Waals surface area contributed by atoms with E-state index in [0.29, 0.717) is 35.5 Å². The zero-order chi connectivity index (χ0) is 27.0. The maximum atomic E-state index is 12.8. The van der Waals surface area contributed by atoms with Crippen LogP contribution in [0, 0.1) is 5.92 Å². The molecule has 4 heterocycles. The molecular weight excluding hydrogens is 582 g/mol. The lowest BCUT2D eigenvalue weighted by Crippen LogP contribution is -2.43. The van der Waals surface area contributed by atoms with Crippen molar-refractivity contribution in [3.05, 3.63) is 59.6 Å². The van der Waals surface area contributed by atoms with Crippen molar-refractivity contribution in [2.45, 2.75) is 44.2 Å². The fraction of sp³-hybridized carbons (Fsp3) is 0.370. The molecule has 202 valence electrons. The number of aromatic nitrogens is 5. The SMILES string of the molecule is O=C(NC1CCS(=O)(=O)CC1)[C@@H]1CC[C@@H](Nc2ncc3c(Br)nn(-c4ccc(-c5cccnc5)cc4)c3n2)C1. The van der Waals surface area contributed by atoms with Crippen molar-refractivity contribution in [3.8, 4) is 16.8 Å². The highest BCUT2D eigenvalue weighted by atomic mass is 79.9. The Hall–Kier alpha value is -3.38. The molecule has 12 heteroatoms. The fourth-order valence-corrected chi connectivity index (χ4v) is 7.26. The van der Waals surface area contributed by atoms with Gasteiger partial charge < -0.3 is 10.6 Å². The lowest BCUT2D eigenvalue weighted by molar-refractivity contribution is -0.125. The second kappa shape index (κ2) is 10.6. The van der Waals surface area contributed by atoms with Crippen LogP contribution in [0.1, 0.15) is 32.1 Å². The molecule has 0 spiro atoms. The Morgan fingerprint density at radius 2 is 1.77 bits per heavy atom. The first-order valence-corrected chi connectivity index (χ1v) is 15.7. The van der Waals surface area contributed by atoms with E-state index >= 15 is 0 Å². The van der Waals surface area contributed by atoms with E-state index in [2.05, 4.69) is 41.6 Å². The monoisotopic (exact) mass is 609 g/mol. The van der Waals surface area contributed by atoms with Crippen LogP contribution in [0.3, 0.4) is 0 Å². The van der Waals surface area contributed by atoms with Crippen molar-refractivity contribution < 1.29 is 13.2 Å². The summed E-state index contributed by atoms with van der Waals surface area (Å²) in [6.45, 7) is 0. The number of nitrogens with one attached hydrogen (secondary N) is 2. The third kappa shape index (κ3) is 5.67. The smallest absolute Gasteiger partial charge is 0.224 e. The Kier molecular flexibility index (Phi) is 7.06. The molecule has 1 aliphatic carbocycles. The molecule has 0 radical (unpaired) electrons. The van der Waals surface area contributed by atoms with Gasteiger partial charge in [0.1, 0.15) is 14.4 Å². The molecule has 1 saturated carbocycles. The molecule has 39 heavy (non-hydrogen) atoms. The normalized spacial score (nSPS) is 21.2. The second-order valence-corrected chi connectivity index (χ2v) is 13.3. The summed E-state index contributed by atoms with van der Waals surface area (Å²) in [5.74, 6) is 0.688. The number of hydrogen-bond acceptors (Lipinski definition) is 8. The molecule has 0 unspecified atom stereocenters. The summed E-state index contributed by atoms with van der Waals surface area (Å²) in [6.07, 6.45) is 8.60. The predicted octanol–water partition coefficient (Wildman–Crippen LogP) is 3.91. The van der Waals surface area contributed by atoms with Gasteiger partial charge in [-0.2, -0.15) is 10.1 Å². The first-order valence-electron chi connectivity index (χ1n) is 13.0. The highest BCUT2D eigenvalue weighted by molar-refractivity contribution is 9.10. The average Bonchev–Trinajstić information content (AvgIpc) is 3.55. The van der Waals surface area contributed by atoms with Gasteiger partial charge in [0.05, 0.1) is 22.6 Å². The van der Waals surface area contributed by atoms with Crippen LogP contribution in [-0.2, 0) is 14.6 Å². The van der Waals surface area contributed by atoms with Crippen LogP contribution < -0.4 is 10.6 Å². The van der Waals surface area contributed by atoms with E-state index in [4.69, 9.17) is 4.98 Å². The molecule has 1 aliphatic heterocycles. The third-order valence-corrected chi connectivity index (χ3v) is 9.82. The number of nitrogens with zero attached hydrogens (tertiary/aromatic N) is 5. The van der Waals surface area contributed by atoms with E-state index in [1.807, 2.05) is 42.6 Å². The molecule has 0 bridgehead atoms. The van der Waals surface area contributed by atoms with Crippen LogP contribution in [0.2, 0.25) is 0 Å². The fourth-order valence-electron chi connectivity index (χ4n) is 5.33. The quantitative estimate of drug-likeness (QED) is 0.336. The molecule has 2 aliphatic rings. The number of anilines is 1. The minimum Gasteiger partial charge on any atom is -0.353 e. The first-order chi connectivity index (χ1) is 18.8. The molecule has 1 aromatic carbocycles. The molecule has 1 amide bonds. The largest absolute Gasteiger partial charge is 0.353 e. The minimum absolute atomic E-state index is 0.0108. The Balaban J connectivity index is 1.13. The maximum absolute atomic E-state index is 12.8. The molecule has 3 aromatic heterocycles. The Morgan fingerprint density at radius 1 is 0.974 bits per heavy atom. The van der Waals surface area contributed by atoms with Crippen LogP contribution in [0.5, 0.6) is 0 Å². The van der Waals surface area contributed by atoms with Gasteiger partial charge in [0.25, 0.3) is 0 Å². The molecule has 4 aromatic rings. The molecule has 2 atom stereocenters. The number of amides is 1. The topological polar surface area (TPSA) is 132 Å². The third-order valence-electron chi connectivity index (χ3n) is 7.52. The van der Waals surface area contributed by atoms with Crippen LogP contribution >= 0.6 is 15.9 Å². The lowest BCUT2D eigenvalue weighted by Gasteiger charge is -2.24. The number of fused-ring (bicyclic) bond motifs is 1. The lowest BCUT2D eigenvalue weighted by atomic mass is 10.1. The average molecular weight is 611 g/mol. The summed E-state index contributed by atoms with van der Waals surface area (Å²) in [6, 6.07) is 12.0. The molecule has 6 rings (SSSR count). The van der Waals surface area contributed by atoms with Crippen LogP contribution in [0.4, 0.5) is 5.95 Å². The second-order valence-electron chi connectivity index (χ2n) is 10.2. The maximum Gasteiger partial charge on any atom is 0.224 e. The molecule has 2 N–H and O–H groups in total. The van der Waals surface area contributed by atoms with Crippen molar-refractivity contribution in [1.29, 1.82) is 0 Å². The van der Waals surface area contributed by atoms with Crippen molar-refractivity contribution in [1.82, 2.24) is 30.0 Å². The summed E-state index contributed by atoms with van der Waals surface area (Å²) in [5.41, 5.74) is 3.65.